The Labute approximate surface area is 422 Å². The minimum absolute atomic E-state index is 0.221. The number of ether oxygens (including phenoxy) is 3. The summed E-state index contributed by atoms with van der Waals surface area (Å²) in [4.78, 5) is 50.7. The normalized spacial score (nSPS) is 12.3. The van der Waals surface area contributed by atoms with Gasteiger partial charge < -0.3 is 19.3 Å². The largest absolute Gasteiger partial charge is 0.480 e. The summed E-state index contributed by atoms with van der Waals surface area (Å²) < 4.78 is 17.1. The lowest BCUT2D eigenvalue weighted by molar-refractivity contribution is -0.157. The van der Waals surface area contributed by atoms with Gasteiger partial charge in [0.15, 0.2) is 0 Å². The maximum atomic E-state index is 13.0. The van der Waals surface area contributed by atoms with Gasteiger partial charge in [-0.15, -0.1) is 0 Å². The van der Waals surface area contributed by atoms with Gasteiger partial charge in [-0.3, -0.25) is 24.5 Å². The average Bonchev–Trinajstić information content (AvgIpc) is 3.34. The van der Waals surface area contributed by atoms with Gasteiger partial charge >= 0.3 is 23.9 Å². The summed E-state index contributed by atoms with van der Waals surface area (Å²) in [6.45, 7) is 5.29. The first-order valence-electron chi connectivity index (χ1n) is 28.1. The molecular formula is C60H103NO8. The first-order chi connectivity index (χ1) is 33.8. The number of carbonyl (C=O) groups is 4. The van der Waals surface area contributed by atoms with Crippen LogP contribution in [0.3, 0.4) is 0 Å². The van der Waals surface area contributed by atoms with Gasteiger partial charge in [0.25, 0.3) is 0 Å². The molecule has 0 saturated carbocycles. The molecule has 0 bridgehead atoms. The minimum atomic E-state index is -1.41. The van der Waals surface area contributed by atoms with Crippen molar-refractivity contribution < 1.29 is 38.5 Å². The van der Waals surface area contributed by atoms with Crippen LogP contribution in [0.25, 0.3) is 0 Å². The molecule has 0 aromatic rings. The zero-order valence-corrected chi connectivity index (χ0v) is 44.5. The van der Waals surface area contributed by atoms with E-state index in [9.17, 15) is 24.3 Å². The van der Waals surface area contributed by atoms with Crippen molar-refractivity contribution in [3.05, 3.63) is 72.9 Å². The summed E-state index contributed by atoms with van der Waals surface area (Å²) >= 11 is 0. The first-order valence-corrected chi connectivity index (χ1v) is 28.1. The molecule has 0 fully saturated rings. The SMILES string of the molecule is CCCCC/C=C\C/C=C\CCCCCCCC(=O)OCC(COC(=O)CCCCCCC/C=C\C/C=C\CCCCC)(COC(=O)CCCCCCC/C=C\C/C=C\CCCCC)NCC(=O)O. The second-order valence-electron chi connectivity index (χ2n) is 19.0. The molecule has 0 aliphatic heterocycles. The van der Waals surface area contributed by atoms with Gasteiger partial charge in [0.2, 0.25) is 0 Å². The number of carboxylic acids is 1. The summed E-state index contributed by atoms with van der Waals surface area (Å²) in [6, 6.07) is 0. The van der Waals surface area contributed by atoms with E-state index in [1.54, 1.807) is 0 Å². The first kappa shape index (κ1) is 65.3. The molecule has 2 N–H and O–H groups in total. The predicted molar refractivity (Wildman–Crippen MR) is 289 cm³/mol. The van der Waals surface area contributed by atoms with E-state index in [1.807, 2.05) is 0 Å². The smallest absolute Gasteiger partial charge is 0.317 e. The van der Waals surface area contributed by atoms with E-state index in [-0.39, 0.29) is 39.1 Å². The monoisotopic (exact) mass is 966 g/mol. The van der Waals surface area contributed by atoms with Gasteiger partial charge in [0.1, 0.15) is 25.4 Å². The highest BCUT2D eigenvalue weighted by molar-refractivity contribution is 5.71. The molecule has 0 atom stereocenters. The lowest BCUT2D eigenvalue weighted by atomic mass is 10.0. The van der Waals surface area contributed by atoms with Crippen LogP contribution < -0.4 is 5.32 Å². The number of allylic oxidation sites excluding steroid dienone is 12. The molecule has 396 valence electrons. The van der Waals surface area contributed by atoms with Gasteiger partial charge in [-0.1, -0.05) is 190 Å². The van der Waals surface area contributed by atoms with Crippen molar-refractivity contribution in [2.75, 3.05) is 26.4 Å². The van der Waals surface area contributed by atoms with Crippen LogP contribution in [0, 0.1) is 0 Å². The Kier molecular flexibility index (Phi) is 49.3. The molecule has 0 unspecified atom stereocenters. The van der Waals surface area contributed by atoms with Gasteiger partial charge in [0.05, 0.1) is 6.54 Å². The van der Waals surface area contributed by atoms with Crippen molar-refractivity contribution in [2.24, 2.45) is 0 Å². The molecular weight excluding hydrogens is 863 g/mol. The van der Waals surface area contributed by atoms with Crippen molar-refractivity contribution >= 4 is 23.9 Å². The molecule has 0 saturated heterocycles. The van der Waals surface area contributed by atoms with Crippen molar-refractivity contribution in [1.29, 1.82) is 0 Å². The minimum Gasteiger partial charge on any atom is -0.480 e. The van der Waals surface area contributed by atoms with E-state index >= 15 is 0 Å². The van der Waals surface area contributed by atoms with E-state index in [1.165, 1.54) is 57.8 Å². The fourth-order valence-corrected chi connectivity index (χ4v) is 7.66. The molecule has 9 nitrogen and oxygen atoms in total. The molecule has 9 heteroatoms. The van der Waals surface area contributed by atoms with E-state index in [4.69, 9.17) is 14.2 Å². The summed E-state index contributed by atoms with van der Waals surface area (Å²) in [5, 5.41) is 12.5. The summed E-state index contributed by atoms with van der Waals surface area (Å²) in [6.07, 6.45) is 63.2. The van der Waals surface area contributed by atoms with Gasteiger partial charge in [-0.05, 0) is 116 Å². The summed E-state index contributed by atoms with van der Waals surface area (Å²) in [7, 11) is 0. The second kappa shape index (κ2) is 52.1. The molecule has 0 aromatic heterocycles. The fourth-order valence-electron chi connectivity index (χ4n) is 7.66. The van der Waals surface area contributed by atoms with Crippen LogP contribution in [-0.4, -0.2) is 60.9 Å². The molecule has 0 aliphatic carbocycles. The predicted octanol–water partition coefficient (Wildman–Crippen LogP) is 16.5. The highest BCUT2D eigenvalue weighted by Gasteiger charge is 2.36. The van der Waals surface area contributed by atoms with Gasteiger partial charge in [-0.25, -0.2) is 0 Å². The topological polar surface area (TPSA) is 128 Å². The number of esters is 3. The maximum Gasteiger partial charge on any atom is 0.317 e. The van der Waals surface area contributed by atoms with Gasteiger partial charge in [0, 0.05) is 19.3 Å². The van der Waals surface area contributed by atoms with E-state index < -0.39 is 36.0 Å². The van der Waals surface area contributed by atoms with Crippen LogP contribution in [0.2, 0.25) is 0 Å². The van der Waals surface area contributed by atoms with E-state index in [0.29, 0.717) is 19.3 Å². The number of nitrogens with one attached hydrogen (secondary N) is 1. The number of carbonyl (C=O) groups excluding carboxylic acids is 3. The molecule has 0 amide bonds. The molecule has 69 heavy (non-hydrogen) atoms. The van der Waals surface area contributed by atoms with Crippen molar-refractivity contribution in [1.82, 2.24) is 5.32 Å². The zero-order valence-electron chi connectivity index (χ0n) is 44.5. The van der Waals surface area contributed by atoms with Crippen molar-refractivity contribution in [2.45, 2.75) is 257 Å². The van der Waals surface area contributed by atoms with E-state index in [2.05, 4.69) is 99.0 Å². The molecule has 0 radical (unpaired) electrons. The molecule has 0 aromatic carbocycles. The lowest BCUT2D eigenvalue weighted by Gasteiger charge is -2.32. The third kappa shape index (κ3) is 49.1. The molecule has 0 aliphatic rings. The van der Waals surface area contributed by atoms with E-state index in [0.717, 1.165) is 135 Å². The number of hydrogen-bond acceptors (Lipinski definition) is 8. The van der Waals surface area contributed by atoms with Crippen LogP contribution >= 0.6 is 0 Å². The Morgan fingerprint density at radius 1 is 0.362 bits per heavy atom. The number of rotatable bonds is 51. The molecule has 0 heterocycles. The quantitative estimate of drug-likeness (QED) is 0.0265. The number of aliphatic carboxylic acids is 1. The number of hydrogen-bond donors (Lipinski definition) is 2. The van der Waals surface area contributed by atoms with Crippen molar-refractivity contribution in [3.8, 4) is 0 Å². The van der Waals surface area contributed by atoms with Crippen LogP contribution in [0.5, 0.6) is 0 Å². The highest BCUT2D eigenvalue weighted by atomic mass is 16.6. The Bertz CT molecular complexity index is 1240. The molecule has 0 spiro atoms. The Morgan fingerprint density at radius 3 is 0.870 bits per heavy atom. The highest BCUT2D eigenvalue weighted by Crippen LogP contribution is 2.16. The summed E-state index contributed by atoms with van der Waals surface area (Å²) in [5.74, 6) is -2.40. The second-order valence-corrected chi connectivity index (χ2v) is 19.0. The third-order valence-electron chi connectivity index (χ3n) is 12.1. The standard InChI is InChI=1S/C60H103NO8/c1-4-7-10-13-16-19-22-25-28-31-34-37-40-43-46-49-57(64)67-53-60(61-52-56(62)63,54-68-58(65)50-47-44-41-38-35-32-29-26-23-20-17-14-11-8-5-2)55-69-59(66)51-48-45-42-39-36-33-30-27-24-21-18-15-12-9-6-3/h16-21,25-30,61H,4-15,22-24,31-55H2,1-3H3,(H,62,63)/b19-16-,20-17-,21-18-,28-25-,29-26-,30-27-. The average molecular weight is 966 g/mol. The third-order valence-corrected chi connectivity index (χ3v) is 12.1. The Hall–Kier alpha value is -3.72. The van der Waals surface area contributed by atoms with Crippen LogP contribution in [-0.2, 0) is 33.4 Å². The van der Waals surface area contributed by atoms with Crippen LogP contribution in [0.1, 0.15) is 252 Å². The Morgan fingerprint density at radius 2 is 0.609 bits per heavy atom. The maximum absolute atomic E-state index is 13.0. The fraction of sp³-hybridized carbons (Fsp3) is 0.733. The van der Waals surface area contributed by atoms with Gasteiger partial charge in [-0.2, -0.15) is 0 Å². The van der Waals surface area contributed by atoms with Crippen LogP contribution in [0.15, 0.2) is 72.9 Å². The molecule has 0 rings (SSSR count). The Balaban J connectivity index is 4.99. The van der Waals surface area contributed by atoms with Crippen molar-refractivity contribution in [3.63, 3.8) is 0 Å². The lowest BCUT2D eigenvalue weighted by Crippen LogP contribution is -2.58. The number of carboxylic acid groups (broad SMARTS) is 1. The zero-order chi connectivity index (χ0) is 50.4. The summed E-state index contributed by atoms with van der Waals surface area (Å²) in [5.41, 5.74) is -1.41. The number of unbranched alkanes of at least 4 members (excludes halogenated alkanes) is 24. The van der Waals surface area contributed by atoms with Crippen LogP contribution in [0.4, 0.5) is 0 Å².